The predicted octanol–water partition coefficient (Wildman–Crippen LogP) is 0.732. The van der Waals surface area contributed by atoms with Gasteiger partial charge in [0.15, 0.2) is 5.96 Å². The van der Waals surface area contributed by atoms with E-state index in [2.05, 4.69) is 47.7 Å². The maximum atomic E-state index is 10.7. The molecule has 1 aliphatic rings. The van der Waals surface area contributed by atoms with Gasteiger partial charge in [0.05, 0.1) is 6.54 Å². The van der Waals surface area contributed by atoms with Crippen molar-refractivity contribution in [2.45, 2.75) is 32.2 Å². The Kier molecular flexibility index (Phi) is 4.80. The molecule has 114 valence electrons. The van der Waals surface area contributed by atoms with Gasteiger partial charge in [-0.15, -0.1) is 0 Å². The van der Waals surface area contributed by atoms with E-state index >= 15 is 0 Å². The Labute approximate surface area is 125 Å². The van der Waals surface area contributed by atoms with Crippen molar-refractivity contribution in [3.8, 4) is 0 Å². The third-order valence-electron chi connectivity index (χ3n) is 4.02. The lowest BCUT2D eigenvalue weighted by Crippen LogP contribution is -2.41. The molecule has 2 amide bonds. The number of benzene rings is 1. The van der Waals surface area contributed by atoms with Gasteiger partial charge in [0, 0.05) is 12.0 Å². The average Bonchev–Trinajstić information content (AvgIpc) is 2.87. The second-order valence-corrected chi connectivity index (χ2v) is 5.51. The number of urea groups is 1. The first-order valence-electron chi connectivity index (χ1n) is 7.14. The molecule has 1 fully saturated rings. The summed E-state index contributed by atoms with van der Waals surface area (Å²) in [5.74, 6) is 0.476. The molecule has 1 aromatic rings. The molecule has 0 bridgehead atoms. The number of aliphatic imine (C=N–C) groups is 1. The van der Waals surface area contributed by atoms with Crippen molar-refractivity contribution in [2.75, 3.05) is 13.1 Å². The molecule has 21 heavy (non-hydrogen) atoms. The SMILES string of the molecule is Cc1ccc(C2CCN[C@@H]2CN=C(N)NC(N)=O)cc1C. The molecule has 1 unspecified atom stereocenters. The van der Waals surface area contributed by atoms with Crippen molar-refractivity contribution < 1.29 is 4.79 Å². The second kappa shape index (κ2) is 6.58. The topological polar surface area (TPSA) is 106 Å². The van der Waals surface area contributed by atoms with Gasteiger partial charge in [0.1, 0.15) is 0 Å². The highest BCUT2D eigenvalue weighted by Gasteiger charge is 2.28. The maximum absolute atomic E-state index is 10.7. The van der Waals surface area contributed by atoms with E-state index in [1.165, 1.54) is 16.7 Å². The summed E-state index contributed by atoms with van der Waals surface area (Å²) in [5.41, 5.74) is 14.5. The number of hydrogen-bond donors (Lipinski definition) is 4. The van der Waals surface area contributed by atoms with Crippen LogP contribution < -0.4 is 22.1 Å². The van der Waals surface area contributed by atoms with Crippen LogP contribution in [-0.2, 0) is 0 Å². The van der Waals surface area contributed by atoms with Crippen LogP contribution in [0.5, 0.6) is 0 Å². The van der Waals surface area contributed by atoms with E-state index in [0.717, 1.165) is 13.0 Å². The van der Waals surface area contributed by atoms with Gasteiger partial charge >= 0.3 is 6.03 Å². The molecular weight excluding hydrogens is 266 g/mol. The molecule has 0 saturated carbocycles. The maximum Gasteiger partial charge on any atom is 0.318 e. The van der Waals surface area contributed by atoms with Crippen LogP contribution in [0.3, 0.4) is 0 Å². The molecule has 6 heteroatoms. The van der Waals surface area contributed by atoms with E-state index in [1.807, 2.05) is 0 Å². The number of aryl methyl sites for hydroxylation is 2. The molecule has 0 aliphatic carbocycles. The Morgan fingerprint density at radius 1 is 1.38 bits per heavy atom. The monoisotopic (exact) mass is 289 g/mol. The molecule has 1 heterocycles. The Morgan fingerprint density at radius 3 is 2.81 bits per heavy atom. The molecule has 1 aromatic carbocycles. The molecule has 6 N–H and O–H groups in total. The zero-order chi connectivity index (χ0) is 15.4. The van der Waals surface area contributed by atoms with E-state index in [-0.39, 0.29) is 12.0 Å². The van der Waals surface area contributed by atoms with Crippen molar-refractivity contribution in [3.63, 3.8) is 0 Å². The van der Waals surface area contributed by atoms with Gasteiger partial charge in [-0.05, 0) is 43.5 Å². The number of guanidine groups is 1. The number of amides is 2. The number of carbonyl (C=O) groups is 1. The summed E-state index contributed by atoms with van der Waals surface area (Å²) < 4.78 is 0. The third kappa shape index (κ3) is 3.95. The molecule has 0 spiro atoms. The number of nitrogens with two attached hydrogens (primary N) is 2. The van der Waals surface area contributed by atoms with Gasteiger partial charge in [0.25, 0.3) is 0 Å². The third-order valence-corrected chi connectivity index (χ3v) is 4.02. The van der Waals surface area contributed by atoms with Crippen LogP contribution in [0.2, 0.25) is 0 Å². The smallest absolute Gasteiger partial charge is 0.318 e. The van der Waals surface area contributed by atoms with Crippen molar-refractivity contribution in [2.24, 2.45) is 16.5 Å². The Balaban J connectivity index is 2.06. The second-order valence-electron chi connectivity index (χ2n) is 5.51. The summed E-state index contributed by atoms with van der Waals surface area (Å²) in [6.45, 7) is 5.72. The first-order chi connectivity index (χ1) is 9.97. The van der Waals surface area contributed by atoms with Gasteiger partial charge < -0.3 is 16.8 Å². The largest absolute Gasteiger partial charge is 0.370 e. The molecule has 6 nitrogen and oxygen atoms in total. The van der Waals surface area contributed by atoms with E-state index in [9.17, 15) is 4.79 Å². The van der Waals surface area contributed by atoms with Gasteiger partial charge in [-0.2, -0.15) is 0 Å². The number of nitrogens with one attached hydrogen (secondary N) is 2. The van der Waals surface area contributed by atoms with Crippen molar-refractivity contribution in [1.82, 2.24) is 10.6 Å². The highest BCUT2D eigenvalue weighted by atomic mass is 16.2. The Bertz CT molecular complexity index is 555. The van der Waals surface area contributed by atoms with Crippen LogP contribution >= 0.6 is 0 Å². The van der Waals surface area contributed by atoms with Crippen molar-refractivity contribution >= 4 is 12.0 Å². The molecular formula is C15H23N5O. The summed E-state index contributed by atoms with van der Waals surface area (Å²) in [4.78, 5) is 14.9. The highest BCUT2D eigenvalue weighted by Crippen LogP contribution is 2.29. The predicted molar refractivity (Wildman–Crippen MR) is 84.3 cm³/mol. The van der Waals surface area contributed by atoms with E-state index < -0.39 is 6.03 Å². The quantitative estimate of drug-likeness (QED) is 0.487. The van der Waals surface area contributed by atoms with Crippen LogP contribution in [-0.4, -0.2) is 31.1 Å². The first kappa shape index (κ1) is 15.3. The summed E-state index contributed by atoms with van der Waals surface area (Å²) in [5, 5.41) is 5.72. The Morgan fingerprint density at radius 2 is 2.14 bits per heavy atom. The molecule has 2 atom stereocenters. The average molecular weight is 289 g/mol. The number of nitrogens with zero attached hydrogens (tertiary/aromatic N) is 1. The standard InChI is InChI=1S/C15H23N5O/c1-9-3-4-11(7-10(9)2)12-5-6-18-13(12)8-19-14(16)20-15(17)21/h3-4,7,12-13,18H,5-6,8H2,1-2H3,(H5,16,17,19,20,21)/t12?,13-/m1/s1. The highest BCUT2D eigenvalue weighted by molar-refractivity contribution is 5.94. The lowest BCUT2D eigenvalue weighted by Gasteiger charge is -2.19. The number of primary amides is 1. The Hall–Kier alpha value is -2.08. The lowest BCUT2D eigenvalue weighted by molar-refractivity contribution is 0.253. The zero-order valence-electron chi connectivity index (χ0n) is 12.5. The van der Waals surface area contributed by atoms with E-state index in [4.69, 9.17) is 11.5 Å². The molecule has 1 aliphatic heterocycles. The number of carbonyl (C=O) groups excluding carboxylic acids is 1. The summed E-state index contributed by atoms with van der Waals surface area (Å²) >= 11 is 0. The van der Waals surface area contributed by atoms with Crippen molar-refractivity contribution in [3.05, 3.63) is 34.9 Å². The van der Waals surface area contributed by atoms with Crippen LogP contribution in [0.25, 0.3) is 0 Å². The van der Waals surface area contributed by atoms with Crippen molar-refractivity contribution in [1.29, 1.82) is 0 Å². The first-order valence-corrected chi connectivity index (χ1v) is 7.14. The van der Waals surface area contributed by atoms with Crippen LogP contribution in [0.15, 0.2) is 23.2 Å². The molecule has 0 radical (unpaired) electrons. The normalized spacial score (nSPS) is 22.3. The van der Waals surface area contributed by atoms with Gasteiger partial charge in [-0.1, -0.05) is 18.2 Å². The van der Waals surface area contributed by atoms with Crippen LogP contribution in [0.4, 0.5) is 4.79 Å². The number of rotatable bonds is 3. The molecule has 0 aromatic heterocycles. The minimum atomic E-state index is -0.693. The summed E-state index contributed by atoms with van der Waals surface area (Å²) in [7, 11) is 0. The fraction of sp³-hybridized carbons (Fsp3) is 0.467. The van der Waals surface area contributed by atoms with Gasteiger partial charge in [-0.3, -0.25) is 10.3 Å². The fourth-order valence-corrected chi connectivity index (χ4v) is 2.72. The molecule has 1 saturated heterocycles. The van der Waals surface area contributed by atoms with Crippen LogP contribution in [0, 0.1) is 13.8 Å². The summed E-state index contributed by atoms with van der Waals surface area (Å²) in [6.07, 6.45) is 1.08. The van der Waals surface area contributed by atoms with Gasteiger partial charge in [0.2, 0.25) is 0 Å². The fourth-order valence-electron chi connectivity index (χ4n) is 2.72. The zero-order valence-corrected chi connectivity index (χ0v) is 12.5. The minimum Gasteiger partial charge on any atom is -0.370 e. The van der Waals surface area contributed by atoms with Gasteiger partial charge in [-0.25, -0.2) is 4.79 Å². The van der Waals surface area contributed by atoms with Crippen LogP contribution in [0.1, 0.15) is 29.0 Å². The number of hydrogen-bond acceptors (Lipinski definition) is 3. The lowest BCUT2D eigenvalue weighted by atomic mass is 9.90. The van der Waals surface area contributed by atoms with E-state index in [0.29, 0.717) is 12.5 Å². The molecule has 2 rings (SSSR count). The minimum absolute atomic E-state index is 0.0648. The van der Waals surface area contributed by atoms with E-state index in [1.54, 1.807) is 0 Å². The summed E-state index contributed by atoms with van der Waals surface area (Å²) in [6, 6.07) is 6.12.